The van der Waals surface area contributed by atoms with Crippen molar-refractivity contribution >= 4 is 22.8 Å². The highest BCUT2D eigenvalue weighted by Gasteiger charge is 2.10. The summed E-state index contributed by atoms with van der Waals surface area (Å²) in [7, 11) is 3.11. The molecular weight excluding hydrogens is 382 g/mol. The van der Waals surface area contributed by atoms with Gasteiger partial charge in [0, 0.05) is 11.5 Å². The molecule has 0 aliphatic heterocycles. The number of nitrogens with zero attached hydrogens (tertiary/aromatic N) is 2. The van der Waals surface area contributed by atoms with Crippen LogP contribution < -0.4 is 20.3 Å². The predicted molar refractivity (Wildman–Crippen MR) is 115 cm³/mol. The summed E-state index contributed by atoms with van der Waals surface area (Å²) in [5.41, 5.74) is 1.09. The van der Waals surface area contributed by atoms with Crippen LogP contribution in [0.25, 0.3) is 16.8 Å². The van der Waals surface area contributed by atoms with Crippen LogP contribution in [0.2, 0.25) is 0 Å². The molecule has 7 nitrogen and oxygen atoms in total. The summed E-state index contributed by atoms with van der Waals surface area (Å²) in [6.07, 6.45) is 8.42. The molecule has 0 atom stereocenters. The first-order valence-electron chi connectivity index (χ1n) is 9.17. The third kappa shape index (κ3) is 4.50. The molecule has 152 valence electrons. The van der Waals surface area contributed by atoms with Gasteiger partial charge in [-0.2, -0.15) is 5.10 Å². The number of methoxy groups -OCH3 is 2. The molecule has 0 saturated heterocycles. The number of rotatable bonds is 7. The largest absolute Gasteiger partial charge is 0.493 e. The van der Waals surface area contributed by atoms with E-state index < -0.39 is 0 Å². The van der Waals surface area contributed by atoms with Gasteiger partial charge in [-0.25, -0.2) is 4.68 Å². The third-order valence-corrected chi connectivity index (χ3v) is 4.45. The lowest BCUT2D eigenvalue weighted by Gasteiger charge is -2.10. The number of ether oxygens (including phenoxy) is 2. The molecule has 2 aromatic carbocycles. The van der Waals surface area contributed by atoms with Crippen molar-refractivity contribution in [1.29, 1.82) is 0 Å². The van der Waals surface area contributed by atoms with Crippen molar-refractivity contribution in [3.63, 3.8) is 0 Å². The van der Waals surface area contributed by atoms with Crippen molar-refractivity contribution in [2.24, 2.45) is 0 Å². The van der Waals surface area contributed by atoms with Crippen LogP contribution in [0.3, 0.4) is 0 Å². The van der Waals surface area contributed by atoms with Crippen LogP contribution in [0.4, 0.5) is 0 Å². The summed E-state index contributed by atoms with van der Waals surface area (Å²) in [5.74, 6) is 3.31. The third-order valence-electron chi connectivity index (χ3n) is 4.45. The van der Waals surface area contributed by atoms with Crippen molar-refractivity contribution in [3.05, 3.63) is 70.2 Å². The Morgan fingerprint density at radius 2 is 1.90 bits per heavy atom. The van der Waals surface area contributed by atoms with Gasteiger partial charge in [0.25, 0.3) is 5.56 Å². The summed E-state index contributed by atoms with van der Waals surface area (Å²) in [4.78, 5) is 24.8. The average molecular weight is 403 g/mol. The molecule has 0 unspecified atom stereocenters. The van der Waals surface area contributed by atoms with E-state index >= 15 is 0 Å². The van der Waals surface area contributed by atoms with Crippen LogP contribution in [0.5, 0.6) is 11.5 Å². The van der Waals surface area contributed by atoms with Gasteiger partial charge in [-0.3, -0.25) is 9.59 Å². The van der Waals surface area contributed by atoms with E-state index in [9.17, 15) is 9.59 Å². The molecule has 3 rings (SSSR count). The number of fused-ring (bicyclic) bond motifs is 1. The molecule has 0 fully saturated rings. The highest BCUT2D eigenvalue weighted by atomic mass is 16.5. The molecule has 0 bridgehead atoms. The van der Waals surface area contributed by atoms with Crippen LogP contribution in [-0.2, 0) is 17.9 Å². The van der Waals surface area contributed by atoms with E-state index in [0.29, 0.717) is 28.0 Å². The fourth-order valence-electron chi connectivity index (χ4n) is 2.99. The van der Waals surface area contributed by atoms with Crippen LogP contribution in [-0.4, -0.2) is 29.9 Å². The molecular formula is C23H21N3O4. The van der Waals surface area contributed by atoms with Crippen LogP contribution in [0.1, 0.15) is 11.3 Å². The fourth-order valence-corrected chi connectivity index (χ4v) is 2.99. The quantitative estimate of drug-likeness (QED) is 0.484. The standard InChI is InChI=1S/C23H21N3O4/c1-4-13-26-23(28)18-8-6-5-7-17(18)19(25-26)15-24-22(27)12-10-16-9-11-20(29-2)21(14-16)30-3/h1,5-12,14H,13,15H2,2-3H3,(H,24,27)/b12-10+. The Morgan fingerprint density at radius 3 is 2.60 bits per heavy atom. The Hall–Kier alpha value is -4.05. The highest BCUT2D eigenvalue weighted by molar-refractivity contribution is 5.92. The second-order valence-corrected chi connectivity index (χ2v) is 6.32. The Morgan fingerprint density at radius 1 is 1.17 bits per heavy atom. The molecule has 1 aromatic heterocycles. The predicted octanol–water partition coefficient (Wildman–Crippen LogP) is 2.38. The van der Waals surface area contributed by atoms with Gasteiger partial charge in [0.05, 0.1) is 31.8 Å². The van der Waals surface area contributed by atoms with Gasteiger partial charge in [-0.15, -0.1) is 6.42 Å². The maximum atomic E-state index is 12.5. The van der Waals surface area contributed by atoms with E-state index in [1.165, 1.54) is 10.8 Å². The summed E-state index contributed by atoms with van der Waals surface area (Å²) in [6, 6.07) is 12.5. The Bertz CT molecular complexity index is 1210. The minimum absolute atomic E-state index is 0.0593. The number of aromatic nitrogens is 2. The molecule has 0 aliphatic rings. The van der Waals surface area contributed by atoms with Gasteiger partial charge in [0.15, 0.2) is 11.5 Å². The number of hydrogen-bond donors (Lipinski definition) is 1. The van der Waals surface area contributed by atoms with Crippen molar-refractivity contribution in [1.82, 2.24) is 15.1 Å². The van der Waals surface area contributed by atoms with Crippen LogP contribution in [0.15, 0.2) is 53.3 Å². The van der Waals surface area contributed by atoms with Gasteiger partial charge >= 0.3 is 0 Å². The monoisotopic (exact) mass is 403 g/mol. The van der Waals surface area contributed by atoms with Crippen molar-refractivity contribution < 1.29 is 14.3 Å². The van der Waals surface area contributed by atoms with Gasteiger partial charge < -0.3 is 14.8 Å². The lowest BCUT2D eigenvalue weighted by Crippen LogP contribution is -2.27. The second kappa shape index (κ2) is 9.43. The summed E-state index contributed by atoms with van der Waals surface area (Å²) >= 11 is 0. The Labute approximate surface area is 173 Å². The lowest BCUT2D eigenvalue weighted by atomic mass is 10.1. The molecule has 1 heterocycles. The van der Waals surface area contributed by atoms with Gasteiger partial charge in [-0.05, 0) is 29.8 Å². The normalized spacial score (nSPS) is 10.7. The first-order chi connectivity index (χ1) is 14.6. The minimum Gasteiger partial charge on any atom is -0.493 e. The molecule has 0 radical (unpaired) electrons. The smallest absolute Gasteiger partial charge is 0.275 e. The SMILES string of the molecule is C#CCn1nc(CNC(=O)/C=C/c2ccc(OC)c(OC)c2)c2ccccc2c1=O. The zero-order valence-corrected chi connectivity index (χ0v) is 16.7. The summed E-state index contributed by atoms with van der Waals surface area (Å²) in [5, 5.41) is 8.29. The van der Waals surface area contributed by atoms with Crippen molar-refractivity contribution in [2.45, 2.75) is 13.1 Å². The van der Waals surface area contributed by atoms with Gasteiger partial charge in [0.1, 0.15) is 6.54 Å². The van der Waals surface area contributed by atoms with E-state index in [2.05, 4.69) is 16.3 Å². The van der Waals surface area contributed by atoms with Crippen LogP contribution in [0, 0.1) is 12.3 Å². The number of nitrogens with one attached hydrogen (secondary N) is 1. The first-order valence-corrected chi connectivity index (χ1v) is 9.17. The van der Waals surface area contributed by atoms with E-state index in [-0.39, 0.29) is 24.6 Å². The molecule has 30 heavy (non-hydrogen) atoms. The van der Waals surface area contributed by atoms with Crippen molar-refractivity contribution in [3.8, 4) is 23.8 Å². The number of carbonyl (C=O) groups excluding carboxylic acids is 1. The molecule has 7 heteroatoms. The maximum absolute atomic E-state index is 12.5. The molecule has 3 aromatic rings. The highest BCUT2D eigenvalue weighted by Crippen LogP contribution is 2.27. The zero-order valence-electron chi connectivity index (χ0n) is 16.7. The Kier molecular flexibility index (Phi) is 6.50. The van der Waals surface area contributed by atoms with Crippen molar-refractivity contribution in [2.75, 3.05) is 14.2 Å². The first kappa shape index (κ1) is 20.7. The molecule has 1 amide bonds. The van der Waals surface area contributed by atoms with E-state index in [1.807, 2.05) is 12.1 Å². The molecule has 0 aliphatic carbocycles. The topological polar surface area (TPSA) is 82.5 Å². The number of benzene rings is 2. The number of carbonyl (C=O) groups is 1. The summed E-state index contributed by atoms with van der Waals surface area (Å²) < 4.78 is 11.7. The van der Waals surface area contributed by atoms with Crippen LogP contribution >= 0.6 is 0 Å². The molecule has 0 saturated carbocycles. The van der Waals surface area contributed by atoms with E-state index in [1.54, 1.807) is 50.6 Å². The van der Waals surface area contributed by atoms with Gasteiger partial charge in [0.2, 0.25) is 5.91 Å². The number of amides is 1. The Balaban J connectivity index is 1.77. The van der Waals surface area contributed by atoms with E-state index in [4.69, 9.17) is 15.9 Å². The van der Waals surface area contributed by atoms with Gasteiger partial charge in [-0.1, -0.05) is 30.2 Å². The zero-order chi connectivity index (χ0) is 21.5. The number of terminal acetylenes is 1. The average Bonchev–Trinajstić information content (AvgIpc) is 2.78. The minimum atomic E-state index is -0.301. The second-order valence-electron chi connectivity index (χ2n) is 6.32. The fraction of sp³-hybridized carbons (Fsp3) is 0.174. The molecule has 0 spiro atoms. The number of hydrogen-bond acceptors (Lipinski definition) is 5. The maximum Gasteiger partial charge on any atom is 0.275 e. The molecule has 1 N–H and O–H groups in total. The summed E-state index contributed by atoms with van der Waals surface area (Å²) in [6.45, 7) is 0.213. The van der Waals surface area contributed by atoms with E-state index in [0.717, 1.165) is 5.56 Å². The lowest BCUT2D eigenvalue weighted by molar-refractivity contribution is -0.116.